The van der Waals surface area contributed by atoms with Gasteiger partial charge in [0.1, 0.15) is 12.1 Å². The number of rotatable bonds is 2. The SMILES string of the molecule is CC1(C)OC(=O)C=C(CC(=O)n2ccnc2)O1. The maximum atomic E-state index is 11.7. The summed E-state index contributed by atoms with van der Waals surface area (Å²) in [5.41, 5.74) is 0. The summed E-state index contributed by atoms with van der Waals surface area (Å²) in [6.45, 7) is 3.22. The van der Waals surface area contributed by atoms with Crippen LogP contribution in [0, 0.1) is 0 Å². The van der Waals surface area contributed by atoms with E-state index in [0.29, 0.717) is 5.76 Å². The van der Waals surface area contributed by atoms with Crippen LogP contribution in [0.2, 0.25) is 0 Å². The quantitative estimate of drug-likeness (QED) is 0.719. The van der Waals surface area contributed by atoms with Crippen LogP contribution in [-0.4, -0.2) is 27.2 Å². The number of carbonyl (C=O) groups is 2. The summed E-state index contributed by atoms with van der Waals surface area (Å²) in [5, 5.41) is 0. The Labute approximate surface area is 97.8 Å². The van der Waals surface area contributed by atoms with Crippen LogP contribution in [0.5, 0.6) is 0 Å². The Morgan fingerprint density at radius 2 is 2.24 bits per heavy atom. The van der Waals surface area contributed by atoms with Gasteiger partial charge in [0.15, 0.2) is 0 Å². The molecule has 0 fully saturated rings. The number of hydrogen-bond donors (Lipinski definition) is 0. The van der Waals surface area contributed by atoms with Gasteiger partial charge in [-0.1, -0.05) is 0 Å². The molecule has 1 aromatic rings. The summed E-state index contributed by atoms with van der Waals surface area (Å²) in [7, 11) is 0. The number of ether oxygens (including phenoxy) is 2. The zero-order valence-corrected chi connectivity index (χ0v) is 9.54. The first-order valence-corrected chi connectivity index (χ1v) is 5.10. The third-order valence-electron chi connectivity index (χ3n) is 2.12. The van der Waals surface area contributed by atoms with E-state index < -0.39 is 11.8 Å². The van der Waals surface area contributed by atoms with Gasteiger partial charge < -0.3 is 9.47 Å². The van der Waals surface area contributed by atoms with Gasteiger partial charge in [0.2, 0.25) is 11.7 Å². The van der Waals surface area contributed by atoms with Crippen LogP contribution in [0.25, 0.3) is 0 Å². The van der Waals surface area contributed by atoms with Gasteiger partial charge in [-0.2, -0.15) is 0 Å². The lowest BCUT2D eigenvalue weighted by Crippen LogP contribution is -2.35. The molecule has 0 N–H and O–H groups in total. The van der Waals surface area contributed by atoms with Crippen molar-refractivity contribution >= 4 is 11.9 Å². The molecular formula is C11H12N2O4. The fourth-order valence-corrected chi connectivity index (χ4v) is 1.50. The number of nitrogens with zero attached hydrogens (tertiary/aromatic N) is 2. The second-order valence-corrected chi connectivity index (χ2v) is 4.07. The van der Waals surface area contributed by atoms with Crippen molar-refractivity contribution < 1.29 is 19.1 Å². The Bertz CT molecular complexity index is 474. The third kappa shape index (κ3) is 2.72. The number of aromatic nitrogens is 2. The van der Waals surface area contributed by atoms with Crippen molar-refractivity contribution in [2.45, 2.75) is 26.1 Å². The first-order valence-electron chi connectivity index (χ1n) is 5.10. The summed E-state index contributed by atoms with van der Waals surface area (Å²) < 4.78 is 11.6. The molecule has 6 heteroatoms. The minimum Gasteiger partial charge on any atom is -0.456 e. The lowest BCUT2D eigenvalue weighted by atomic mass is 10.2. The maximum absolute atomic E-state index is 11.7. The van der Waals surface area contributed by atoms with Crippen molar-refractivity contribution in [3.05, 3.63) is 30.6 Å². The molecule has 2 heterocycles. The minimum absolute atomic E-state index is 0.00507. The normalized spacial score (nSPS) is 18.0. The Hall–Kier alpha value is -2.11. The molecule has 0 aromatic carbocycles. The molecule has 17 heavy (non-hydrogen) atoms. The Morgan fingerprint density at radius 3 is 2.82 bits per heavy atom. The van der Waals surface area contributed by atoms with Gasteiger partial charge >= 0.3 is 5.97 Å². The largest absolute Gasteiger partial charge is 0.456 e. The predicted molar refractivity (Wildman–Crippen MR) is 56.8 cm³/mol. The molecule has 0 spiro atoms. The molecule has 90 valence electrons. The van der Waals surface area contributed by atoms with Crippen molar-refractivity contribution in [3.63, 3.8) is 0 Å². The molecule has 2 rings (SSSR count). The molecule has 1 aromatic heterocycles. The van der Waals surface area contributed by atoms with E-state index >= 15 is 0 Å². The number of carbonyl (C=O) groups excluding carboxylic acids is 2. The molecule has 0 radical (unpaired) electrons. The van der Waals surface area contributed by atoms with Gasteiger partial charge in [-0.05, 0) is 0 Å². The van der Waals surface area contributed by atoms with E-state index in [1.165, 1.54) is 29.4 Å². The van der Waals surface area contributed by atoms with E-state index in [-0.39, 0.29) is 12.3 Å². The molecule has 0 aliphatic carbocycles. The van der Waals surface area contributed by atoms with Crippen LogP contribution < -0.4 is 0 Å². The molecule has 6 nitrogen and oxygen atoms in total. The molecule has 0 amide bonds. The zero-order chi connectivity index (χ0) is 12.5. The number of esters is 1. The van der Waals surface area contributed by atoms with Gasteiger partial charge in [0, 0.05) is 26.2 Å². The highest BCUT2D eigenvalue weighted by molar-refractivity contribution is 5.86. The maximum Gasteiger partial charge on any atom is 0.337 e. The minimum atomic E-state index is -1.03. The van der Waals surface area contributed by atoms with Crippen molar-refractivity contribution in [2.75, 3.05) is 0 Å². The van der Waals surface area contributed by atoms with Gasteiger partial charge in [-0.15, -0.1) is 0 Å². The van der Waals surface area contributed by atoms with Crippen LogP contribution in [0.3, 0.4) is 0 Å². The number of imidazole rings is 1. The van der Waals surface area contributed by atoms with Crippen molar-refractivity contribution in [1.82, 2.24) is 9.55 Å². The van der Waals surface area contributed by atoms with E-state index in [0.717, 1.165) is 0 Å². The monoisotopic (exact) mass is 236 g/mol. The molecule has 0 saturated heterocycles. The van der Waals surface area contributed by atoms with Crippen molar-refractivity contribution in [1.29, 1.82) is 0 Å². The van der Waals surface area contributed by atoms with E-state index in [9.17, 15) is 9.59 Å². The van der Waals surface area contributed by atoms with Gasteiger partial charge in [0.05, 0.1) is 12.5 Å². The highest BCUT2D eigenvalue weighted by atomic mass is 16.7. The Morgan fingerprint density at radius 1 is 1.47 bits per heavy atom. The third-order valence-corrected chi connectivity index (χ3v) is 2.12. The molecule has 0 saturated carbocycles. The van der Waals surface area contributed by atoms with Crippen LogP contribution in [0.4, 0.5) is 0 Å². The summed E-state index contributed by atoms with van der Waals surface area (Å²) in [5.74, 6) is -1.46. The second kappa shape index (κ2) is 4.04. The van der Waals surface area contributed by atoms with Crippen molar-refractivity contribution in [2.24, 2.45) is 0 Å². The van der Waals surface area contributed by atoms with E-state index in [1.807, 2.05) is 0 Å². The first-order chi connectivity index (χ1) is 7.96. The smallest absolute Gasteiger partial charge is 0.337 e. The summed E-state index contributed by atoms with van der Waals surface area (Å²) in [6.07, 6.45) is 5.62. The number of hydrogen-bond acceptors (Lipinski definition) is 5. The molecular weight excluding hydrogens is 224 g/mol. The predicted octanol–water partition coefficient (Wildman–Crippen LogP) is 1.11. The van der Waals surface area contributed by atoms with Crippen LogP contribution >= 0.6 is 0 Å². The van der Waals surface area contributed by atoms with E-state index in [2.05, 4.69) is 4.98 Å². The highest BCUT2D eigenvalue weighted by Gasteiger charge is 2.30. The van der Waals surface area contributed by atoms with Gasteiger partial charge in [-0.3, -0.25) is 9.36 Å². The average molecular weight is 236 g/mol. The standard InChI is InChI=1S/C11H12N2O4/c1-11(2)16-8(6-10(15)17-11)5-9(14)13-4-3-12-7-13/h3-4,6-7H,5H2,1-2H3. The molecule has 0 atom stereocenters. The lowest BCUT2D eigenvalue weighted by Gasteiger charge is -2.30. The molecule has 1 aliphatic heterocycles. The number of cyclic esters (lactones) is 1. The topological polar surface area (TPSA) is 70.4 Å². The van der Waals surface area contributed by atoms with Gasteiger partial charge in [0.25, 0.3) is 0 Å². The fraction of sp³-hybridized carbons (Fsp3) is 0.364. The van der Waals surface area contributed by atoms with Crippen LogP contribution in [-0.2, 0) is 14.3 Å². The lowest BCUT2D eigenvalue weighted by molar-refractivity contribution is -0.205. The van der Waals surface area contributed by atoms with E-state index in [1.54, 1.807) is 13.8 Å². The van der Waals surface area contributed by atoms with Gasteiger partial charge in [-0.25, -0.2) is 9.78 Å². The Kier molecular flexibility index (Phi) is 2.71. The molecule has 1 aliphatic rings. The van der Waals surface area contributed by atoms with Crippen molar-refractivity contribution in [3.8, 4) is 0 Å². The first kappa shape index (κ1) is 11.4. The second-order valence-electron chi connectivity index (χ2n) is 4.07. The average Bonchev–Trinajstić information content (AvgIpc) is 2.65. The Balaban J connectivity index is 2.09. The number of allylic oxidation sites excluding steroid dienone is 1. The fourth-order valence-electron chi connectivity index (χ4n) is 1.50. The summed E-state index contributed by atoms with van der Waals surface area (Å²) in [4.78, 5) is 26.8. The summed E-state index contributed by atoms with van der Waals surface area (Å²) in [6, 6.07) is 0. The molecule has 0 unspecified atom stereocenters. The molecule has 0 bridgehead atoms. The van der Waals surface area contributed by atoms with Crippen LogP contribution in [0.15, 0.2) is 30.6 Å². The summed E-state index contributed by atoms with van der Waals surface area (Å²) >= 11 is 0. The van der Waals surface area contributed by atoms with E-state index in [4.69, 9.17) is 9.47 Å². The van der Waals surface area contributed by atoms with Crippen LogP contribution in [0.1, 0.15) is 25.1 Å². The highest BCUT2D eigenvalue weighted by Crippen LogP contribution is 2.23. The zero-order valence-electron chi connectivity index (χ0n) is 9.54.